The highest BCUT2D eigenvalue weighted by molar-refractivity contribution is 6.39. The predicted molar refractivity (Wildman–Crippen MR) is 214 cm³/mol. The zero-order chi connectivity index (χ0) is 37.2. The average Bonchev–Trinajstić information content (AvgIpc) is 3.98. The number of hydrogen-bond donors (Lipinski definition) is 3. The molecule has 5 atom stereocenters. The molecule has 0 saturated carbocycles. The number of carboxylic acids is 1. The number of aromatic nitrogens is 1. The van der Waals surface area contributed by atoms with Crippen LogP contribution in [0.2, 0.25) is 15.1 Å². The van der Waals surface area contributed by atoms with E-state index in [4.69, 9.17) is 54.2 Å². The number of nitrogens with zero attached hydrogens (tertiary/aromatic N) is 5. The minimum absolute atomic E-state index is 0.0620. The Balaban J connectivity index is 0.990. The molecule has 0 spiro atoms. The molecule has 1 aromatic heterocycles. The lowest BCUT2D eigenvalue weighted by atomic mass is 9.86. The Morgan fingerprint density at radius 3 is 2.56 bits per heavy atom. The maximum absolute atomic E-state index is 11.6. The highest BCUT2D eigenvalue weighted by Crippen LogP contribution is 2.47. The first-order valence-corrected chi connectivity index (χ1v) is 19.6. The van der Waals surface area contributed by atoms with Crippen molar-refractivity contribution in [2.45, 2.75) is 44.8 Å². The maximum atomic E-state index is 11.6. The summed E-state index contributed by atoms with van der Waals surface area (Å²) in [6.07, 6.45) is 8.98. The molecule has 3 aromatic carbocycles. The summed E-state index contributed by atoms with van der Waals surface area (Å²) >= 11 is 21.3. The molecule has 0 radical (unpaired) electrons. The van der Waals surface area contributed by atoms with Gasteiger partial charge < -0.3 is 19.9 Å². The number of fused-ring (bicyclic) bond motifs is 3. The fourth-order valence-electron chi connectivity index (χ4n) is 8.67. The fraction of sp³-hybridized carbons (Fsp3) is 0.366. The van der Waals surface area contributed by atoms with Gasteiger partial charge in [-0.3, -0.25) is 19.6 Å². The number of likely N-dealkylation sites (tertiary alicyclic amines) is 2. The minimum Gasteiger partial charge on any atom is -0.481 e. The number of hydrogen-bond acceptors (Lipinski definition) is 9. The molecule has 9 rings (SSSR count). The molecule has 5 aliphatic rings. The molecule has 13 heteroatoms. The van der Waals surface area contributed by atoms with Gasteiger partial charge >= 0.3 is 5.97 Å². The van der Waals surface area contributed by atoms with Crippen LogP contribution in [0.4, 0.5) is 5.69 Å². The Hall–Kier alpha value is -4.03. The lowest BCUT2D eigenvalue weighted by Crippen LogP contribution is -2.28. The van der Waals surface area contributed by atoms with Crippen LogP contribution in [0.25, 0.3) is 33.7 Å². The summed E-state index contributed by atoms with van der Waals surface area (Å²) in [6, 6.07) is 13.6. The van der Waals surface area contributed by atoms with E-state index >= 15 is 0 Å². The number of oxazole rings is 1. The maximum Gasteiger partial charge on any atom is 0.307 e. The van der Waals surface area contributed by atoms with E-state index in [2.05, 4.69) is 28.1 Å². The fourth-order valence-corrected chi connectivity index (χ4v) is 9.60. The van der Waals surface area contributed by atoms with Crippen molar-refractivity contribution in [2.75, 3.05) is 38.0 Å². The molecule has 3 N–H and O–H groups in total. The monoisotopic (exact) mass is 784 g/mol. The van der Waals surface area contributed by atoms with E-state index in [0.717, 1.165) is 66.9 Å². The molecule has 2 saturated heterocycles. The van der Waals surface area contributed by atoms with E-state index in [-0.39, 0.29) is 29.9 Å². The van der Waals surface area contributed by atoms with Crippen LogP contribution in [0.1, 0.15) is 43.4 Å². The van der Waals surface area contributed by atoms with Crippen LogP contribution < -0.4 is 5.32 Å². The molecule has 5 heterocycles. The summed E-state index contributed by atoms with van der Waals surface area (Å²) in [6.45, 7) is 5.75. The number of aliphatic hydroxyl groups excluding tert-OH is 1. The van der Waals surface area contributed by atoms with Crippen LogP contribution in [0, 0.1) is 17.8 Å². The van der Waals surface area contributed by atoms with E-state index in [9.17, 15) is 15.0 Å². The van der Waals surface area contributed by atoms with E-state index in [1.165, 1.54) is 0 Å². The Bertz CT molecular complexity index is 2320. The van der Waals surface area contributed by atoms with Crippen LogP contribution in [0.5, 0.6) is 0 Å². The van der Waals surface area contributed by atoms with Crippen molar-refractivity contribution in [3.8, 4) is 22.6 Å². The van der Waals surface area contributed by atoms with E-state index in [1.54, 1.807) is 0 Å². The highest BCUT2D eigenvalue weighted by Gasteiger charge is 2.37. The molecule has 4 aromatic rings. The van der Waals surface area contributed by atoms with Crippen molar-refractivity contribution in [2.24, 2.45) is 27.7 Å². The summed E-state index contributed by atoms with van der Waals surface area (Å²) in [5, 5.41) is 24.5. The summed E-state index contributed by atoms with van der Waals surface area (Å²) in [5.41, 5.74) is 7.99. The third-order valence-corrected chi connectivity index (χ3v) is 12.8. The number of dihydropyridines is 1. The van der Waals surface area contributed by atoms with Gasteiger partial charge in [-0.1, -0.05) is 72.1 Å². The minimum atomic E-state index is -0.741. The van der Waals surface area contributed by atoms with Crippen LogP contribution in [0.15, 0.2) is 80.0 Å². The number of nitrogens with one attached hydrogen (secondary N) is 1. The summed E-state index contributed by atoms with van der Waals surface area (Å²) in [7, 11) is 0. The lowest BCUT2D eigenvalue weighted by Gasteiger charge is -2.29. The number of benzene rings is 3. The zero-order valence-electron chi connectivity index (χ0n) is 29.6. The van der Waals surface area contributed by atoms with E-state index < -0.39 is 5.97 Å². The van der Waals surface area contributed by atoms with Gasteiger partial charge in [0.15, 0.2) is 11.4 Å². The third-order valence-electron chi connectivity index (χ3n) is 11.5. The summed E-state index contributed by atoms with van der Waals surface area (Å²) < 4.78 is 6.34. The molecule has 1 aliphatic carbocycles. The number of carboxylic acid groups (broad SMARTS) is 1. The van der Waals surface area contributed by atoms with Crippen LogP contribution >= 0.6 is 34.8 Å². The number of carbonyl (C=O) groups is 1. The first-order chi connectivity index (χ1) is 26.1. The summed E-state index contributed by atoms with van der Waals surface area (Å²) in [5.74, 6) is 0.140. The molecule has 4 aliphatic heterocycles. The van der Waals surface area contributed by atoms with Crippen molar-refractivity contribution in [1.82, 2.24) is 14.8 Å². The second-order valence-electron chi connectivity index (χ2n) is 15.0. The van der Waals surface area contributed by atoms with E-state index in [0.29, 0.717) is 74.2 Å². The van der Waals surface area contributed by atoms with Crippen molar-refractivity contribution in [3.63, 3.8) is 0 Å². The van der Waals surface area contributed by atoms with Gasteiger partial charge in [0.05, 0.1) is 44.0 Å². The number of aliphatic carboxylic acids is 1. The van der Waals surface area contributed by atoms with Gasteiger partial charge in [-0.15, -0.1) is 0 Å². The molecule has 2 unspecified atom stereocenters. The van der Waals surface area contributed by atoms with Gasteiger partial charge in [-0.2, -0.15) is 0 Å². The van der Waals surface area contributed by atoms with Crippen LogP contribution in [-0.2, 0) is 11.2 Å². The molecular weight excluding hydrogens is 747 g/mol. The molecule has 278 valence electrons. The lowest BCUT2D eigenvalue weighted by molar-refractivity contribution is -0.141. The quantitative estimate of drug-likeness (QED) is 0.162. The number of rotatable bonds is 8. The van der Waals surface area contributed by atoms with Gasteiger partial charge in [0.1, 0.15) is 5.52 Å². The largest absolute Gasteiger partial charge is 0.481 e. The van der Waals surface area contributed by atoms with Gasteiger partial charge in [-0.25, -0.2) is 9.98 Å². The standard InChI is InChI=1S/C41H39Cl3N6O4/c1-21-16-46-39(37-29(21)14-22(17-45-37)18-49-12-11-24(51)20-49)47-31-7-3-5-26(35(31)43)25-4-2-6-28(34(25)42)40-48-32-15-30-27(36(44)38(32)54-40)8-9-33(30)50-13-10-23(19-50)41(52)53/h2-7,14-17,21,23-24,29,33,47,51H,8-13,18-20H2,1H3,(H,52,53)/t21?,23-,24-,29?,33-/m1/s1. The SMILES string of the molecule is CC1C=NC(Nc2cccc(-c3cccc(-c4nc5cc6c(c(Cl)c5o4)CC[C@H]6N4CC[C@@H](C(=O)O)C4)c3Cl)c2Cl)=C2N=CC(CN3CC[C@@H](O)C3)=CC21. The second-order valence-corrected chi connectivity index (χ2v) is 16.2. The Kier molecular flexibility index (Phi) is 9.40. The van der Waals surface area contributed by atoms with Crippen molar-refractivity contribution in [3.05, 3.63) is 91.8 Å². The number of halogens is 3. The molecule has 0 bridgehead atoms. The molecule has 54 heavy (non-hydrogen) atoms. The molecule has 0 amide bonds. The number of anilines is 1. The summed E-state index contributed by atoms with van der Waals surface area (Å²) in [4.78, 5) is 30.7. The molecule has 10 nitrogen and oxygen atoms in total. The van der Waals surface area contributed by atoms with Crippen LogP contribution in [-0.4, -0.2) is 82.2 Å². The molecule has 2 fully saturated rings. The third kappa shape index (κ3) is 6.36. The number of β-amino-alcohol motifs (C(OH)–C–C–N with tert-alkyl or cyclic N) is 1. The molecular formula is C41H39Cl3N6O4. The second kappa shape index (κ2) is 14.2. The topological polar surface area (TPSA) is 127 Å². The van der Waals surface area contributed by atoms with Crippen LogP contribution in [0.3, 0.4) is 0 Å². The Labute approximate surface area is 327 Å². The first-order valence-electron chi connectivity index (χ1n) is 18.5. The predicted octanol–water partition coefficient (Wildman–Crippen LogP) is 8.51. The van der Waals surface area contributed by atoms with Crippen molar-refractivity contribution < 1.29 is 19.4 Å². The number of aliphatic hydroxyl groups is 1. The smallest absolute Gasteiger partial charge is 0.307 e. The Morgan fingerprint density at radius 2 is 1.78 bits per heavy atom. The highest BCUT2D eigenvalue weighted by atomic mass is 35.5. The normalized spacial score (nSPS) is 25.4. The van der Waals surface area contributed by atoms with Gasteiger partial charge in [0.2, 0.25) is 5.89 Å². The van der Waals surface area contributed by atoms with Crippen molar-refractivity contribution >= 4 is 70.0 Å². The van der Waals surface area contributed by atoms with Gasteiger partial charge in [-0.05, 0) is 67.1 Å². The average molecular weight is 786 g/mol. The first kappa shape index (κ1) is 35.7. The zero-order valence-corrected chi connectivity index (χ0v) is 31.9. The number of aliphatic imine (C=N–C) groups is 2. The Morgan fingerprint density at radius 1 is 0.981 bits per heavy atom. The van der Waals surface area contributed by atoms with E-state index in [1.807, 2.05) is 54.9 Å². The van der Waals surface area contributed by atoms with Gasteiger partial charge in [0, 0.05) is 67.6 Å². The van der Waals surface area contributed by atoms with Gasteiger partial charge in [0.25, 0.3) is 0 Å². The van der Waals surface area contributed by atoms with Crippen molar-refractivity contribution in [1.29, 1.82) is 0 Å². The number of allylic oxidation sites excluding steroid dienone is 1.